The number of nitrogens with zero attached hydrogens (tertiary/aromatic N) is 1. The summed E-state index contributed by atoms with van der Waals surface area (Å²) >= 11 is 0. The Hall–Kier alpha value is -1.55. The number of hydrogen-bond acceptors (Lipinski definition) is 3. The summed E-state index contributed by atoms with van der Waals surface area (Å²) in [6.45, 7) is 2.91. The number of benzene rings is 1. The summed E-state index contributed by atoms with van der Waals surface area (Å²) < 4.78 is 5.15. The van der Waals surface area contributed by atoms with Crippen LogP contribution >= 0.6 is 0 Å². The minimum absolute atomic E-state index is 0.100. The molecule has 3 unspecified atom stereocenters. The maximum atomic E-state index is 12.1. The molecule has 1 saturated heterocycles. The molecule has 1 aliphatic heterocycles. The van der Waals surface area contributed by atoms with Gasteiger partial charge in [0, 0.05) is 18.5 Å². The van der Waals surface area contributed by atoms with E-state index in [0.717, 1.165) is 31.2 Å². The molecule has 1 saturated carbocycles. The summed E-state index contributed by atoms with van der Waals surface area (Å²) in [7, 11) is 0. The largest absolute Gasteiger partial charge is 0.450 e. The van der Waals surface area contributed by atoms with Crippen molar-refractivity contribution in [3.8, 4) is 0 Å². The number of fused-ring (bicyclic) bond motifs is 1. The molecule has 1 heterocycles. The van der Waals surface area contributed by atoms with Crippen molar-refractivity contribution in [2.75, 3.05) is 13.2 Å². The van der Waals surface area contributed by atoms with Gasteiger partial charge in [-0.3, -0.25) is 0 Å². The first-order valence-electron chi connectivity index (χ1n) is 7.88. The molecule has 0 radical (unpaired) electrons. The summed E-state index contributed by atoms with van der Waals surface area (Å²) in [5.41, 5.74) is 0.163. The van der Waals surface area contributed by atoms with Crippen LogP contribution in [0.1, 0.15) is 38.2 Å². The molecule has 1 aromatic rings. The second kappa shape index (κ2) is 5.68. The number of carbonyl (C=O) groups is 1. The minimum Gasteiger partial charge on any atom is -0.450 e. The van der Waals surface area contributed by atoms with Crippen molar-refractivity contribution < 1.29 is 14.6 Å². The minimum atomic E-state index is -0.814. The van der Waals surface area contributed by atoms with Crippen LogP contribution in [0, 0.1) is 5.92 Å². The molecule has 2 aliphatic rings. The average molecular weight is 289 g/mol. The fraction of sp³-hybridized carbons (Fsp3) is 0.588. The van der Waals surface area contributed by atoms with Gasteiger partial charge in [-0.2, -0.15) is 0 Å². The quantitative estimate of drug-likeness (QED) is 0.910. The number of hydrogen-bond donors (Lipinski definition) is 1. The first kappa shape index (κ1) is 14.4. The average Bonchev–Trinajstić information content (AvgIpc) is 2.94. The second-order valence-corrected chi connectivity index (χ2v) is 6.04. The van der Waals surface area contributed by atoms with Crippen molar-refractivity contribution >= 4 is 6.09 Å². The van der Waals surface area contributed by atoms with Gasteiger partial charge in [0.1, 0.15) is 0 Å². The van der Waals surface area contributed by atoms with E-state index in [1.807, 2.05) is 42.2 Å². The van der Waals surface area contributed by atoms with Crippen molar-refractivity contribution in [3.05, 3.63) is 35.9 Å². The molecule has 0 aromatic heterocycles. The highest BCUT2D eigenvalue weighted by Crippen LogP contribution is 2.48. The Bertz CT molecular complexity index is 504. The zero-order valence-corrected chi connectivity index (χ0v) is 12.5. The number of carbonyl (C=O) groups excluding carboxylic acids is 1. The van der Waals surface area contributed by atoms with Gasteiger partial charge in [0.2, 0.25) is 0 Å². The van der Waals surface area contributed by atoms with Crippen molar-refractivity contribution in [1.82, 2.24) is 4.90 Å². The van der Waals surface area contributed by atoms with E-state index in [4.69, 9.17) is 4.74 Å². The Morgan fingerprint density at radius 2 is 2.14 bits per heavy atom. The van der Waals surface area contributed by atoms with Crippen LogP contribution in [0.2, 0.25) is 0 Å². The van der Waals surface area contributed by atoms with Gasteiger partial charge in [-0.25, -0.2) is 4.79 Å². The van der Waals surface area contributed by atoms with Gasteiger partial charge in [0.25, 0.3) is 0 Å². The van der Waals surface area contributed by atoms with Gasteiger partial charge in [0.05, 0.1) is 12.2 Å². The van der Waals surface area contributed by atoms with Crippen LogP contribution < -0.4 is 0 Å². The SMILES string of the molecule is CCOC(=O)N1CCC2C1CCCC2(O)c1ccccc1. The summed E-state index contributed by atoms with van der Waals surface area (Å²) in [6.07, 6.45) is 3.27. The van der Waals surface area contributed by atoms with Gasteiger partial charge < -0.3 is 14.7 Å². The molecule has 1 aliphatic carbocycles. The Morgan fingerprint density at radius 1 is 1.38 bits per heavy atom. The number of rotatable bonds is 2. The topological polar surface area (TPSA) is 49.8 Å². The van der Waals surface area contributed by atoms with E-state index >= 15 is 0 Å². The molecule has 21 heavy (non-hydrogen) atoms. The fourth-order valence-electron chi connectivity index (χ4n) is 4.05. The van der Waals surface area contributed by atoms with Gasteiger partial charge in [-0.15, -0.1) is 0 Å². The van der Waals surface area contributed by atoms with Crippen LogP contribution in [-0.2, 0) is 10.3 Å². The van der Waals surface area contributed by atoms with E-state index in [1.54, 1.807) is 0 Å². The molecule has 0 spiro atoms. The third-order valence-corrected chi connectivity index (χ3v) is 4.99. The van der Waals surface area contributed by atoms with Crippen LogP contribution in [0.15, 0.2) is 30.3 Å². The second-order valence-electron chi connectivity index (χ2n) is 6.04. The van der Waals surface area contributed by atoms with E-state index in [-0.39, 0.29) is 18.1 Å². The van der Waals surface area contributed by atoms with Crippen LogP contribution in [0.4, 0.5) is 4.79 Å². The Balaban J connectivity index is 1.85. The molecular formula is C17H23NO3. The monoisotopic (exact) mass is 289 g/mol. The Morgan fingerprint density at radius 3 is 2.86 bits per heavy atom. The molecule has 3 rings (SSSR count). The van der Waals surface area contributed by atoms with Crippen LogP contribution in [0.25, 0.3) is 0 Å². The Kier molecular flexibility index (Phi) is 3.89. The van der Waals surface area contributed by atoms with E-state index in [1.165, 1.54) is 0 Å². The third-order valence-electron chi connectivity index (χ3n) is 4.99. The molecule has 0 bridgehead atoms. The van der Waals surface area contributed by atoms with E-state index in [2.05, 4.69) is 0 Å². The molecule has 114 valence electrons. The fourth-order valence-corrected chi connectivity index (χ4v) is 4.05. The molecular weight excluding hydrogens is 266 g/mol. The highest BCUT2D eigenvalue weighted by atomic mass is 16.6. The normalized spacial score (nSPS) is 31.8. The molecule has 1 amide bonds. The number of aliphatic hydroxyl groups is 1. The Labute approximate surface area is 125 Å². The van der Waals surface area contributed by atoms with Gasteiger partial charge in [-0.05, 0) is 38.2 Å². The van der Waals surface area contributed by atoms with E-state index in [9.17, 15) is 9.90 Å². The van der Waals surface area contributed by atoms with Gasteiger partial charge in [0.15, 0.2) is 0 Å². The highest BCUT2D eigenvalue weighted by molar-refractivity contribution is 5.68. The number of likely N-dealkylation sites (tertiary alicyclic amines) is 1. The lowest BCUT2D eigenvalue weighted by Gasteiger charge is -2.43. The zero-order chi connectivity index (χ0) is 14.9. The van der Waals surface area contributed by atoms with Crippen LogP contribution in [0.5, 0.6) is 0 Å². The summed E-state index contributed by atoms with van der Waals surface area (Å²) in [5.74, 6) is 0.109. The maximum Gasteiger partial charge on any atom is 0.410 e. The first-order valence-corrected chi connectivity index (χ1v) is 7.88. The molecule has 2 fully saturated rings. The van der Waals surface area contributed by atoms with E-state index < -0.39 is 5.60 Å². The van der Waals surface area contributed by atoms with Crippen LogP contribution in [0.3, 0.4) is 0 Å². The lowest BCUT2D eigenvalue weighted by molar-refractivity contribution is -0.0669. The lowest BCUT2D eigenvalue weighted by Crippen LogP contribution is -2.48. The summed E-state index contributed by atoms with van der Waals surface area (Å²) in [6, 6.07) is 9.99. The van der Waals surface area contributed by atoms with Gasteiger partial charge >= 0.3 is 6.09 Å². The third kappa shape index (κ3) is 2.42. The lowest BCUT2D eigenvalue weighted by atomic mass is 9.69. The van der Waals surface area contributed by atoms with Crippen LogP contribution in [-0.4, -0.2) is 35.3 Å². The smallest absolute Gasteiger partial charge is 0.410 e. The number of ether oxygens (including phenoxy) is 1. The zero-order valence-electron chi connectivity index (χ0n) is 12.5. The molecule has 4 heteroatoms. The van der Waals surface area contributed by atoms with E-state index in [0.29, 0.717) is 13.2 Å². The molecule has 4 nitrogen and oxygen atoms in total. The van der Waals surface area contributed by atoms with Gasteiger partial charge in [-0.1, -0.05) is 30.3 Å². The van der Waals surface area contributed by atoms with Crippen molar-refractivity contribution in [3.63, 3.8) is 0 Å². The summed E-state index contributed by atoms with van der Waals surface area (Å²) in [5, 5.41) is 11.3. The predicted molar refractivity (Wildman–Crippen MR) is 79.8 cm³/mol. The molecule has 1 aromatic carbocycles. The van der Waals surface area contributed by atoms with Crippen molar-refractivity contribution in [2.24, 2.45) is 5.92 Å². The predicted octanol–water partition coefficient (Wildman–Crippen LogP) is 2.91. The maximum absolute atomic E-state index is 12.1. The number of amides is 1. The molecule has 1 N–H and O–H groups in total. The first-order chi connectivity index (χ1) is 10.2. The van der Waals surface area contributed by atoms with Crippen molar-refractivity contribution in [1.29, 1.82) is 0 Å². The standard InChI is InChI=1S/C17H23NO3/c1-2-21-16(19)18-12-10-14-15(18)9-6-11-17(14,20)13-7-4-3-5-8-13/h3-5,7-8,14-15,20H,2,6,9-12H2,1H3. The van der Waals surface area contributed by atoms with Crippen molar-refractivity contribution in [2.45, 2.75) is 44.2 Å². The molecule has 3 atom stereocenters. The highest BCUT2D eigenvalue weighted by Gasteiger charge is 2.51. The summed E-state index contributed by atoms with van der Waals surface area (Å²) in [4.78, 5) is 13.9.